The van der Waals surface area contributed by atoms with Crippen LogP contribution in [0.4, 0.5) is 10.3 Å². The Bertz CT molecular complexity index is 1420. The highest BCUT2D eigenvalue weighted by molar-refractivity contribution is 7.16. The van der Waals surface area contributed by atoms with Gasteiger partial charge in [-0.05, 0) is 43.5 Å². The van der Waals surface area contributed by atoms with Crippen molar-refractivity contribution in [2.75, 3.05) is 32.2 Å². The summed E-state index contributed by atoms with van der Waals surface area (Å²) in [6.07, 6.45) is 3.27. The topological polar surface area (TPSA) is 126 Å². The van der Waals surface area contributed by atoms with Gasteiger partial charge in [0.15, 0.2) is 0 Å². The number of thiophene rings is 1. The first-order chi connectivity index (χ1) is 19.3. The van der Waals surface area contributed by atoms with Crippen molar-refractivity contribution in [1.82, 2.24) is 20.2 Å². The molecule has 2 amide bonds. The van der Waals surface area contributed by atoms with E-state index in [1.54, 1.807) is 19.2 Å². The number of rotatable bonds is 9. The van der Waals surface area contributed by atoms with E-state index in [-0.39, 0.29) is 24.2 Å². The minimum absolute atomic E-state index is 0.215. The maximum Gasteiger partial charge on any atom is 0.256 e. The molecule has 1 fully saturated rings. The van der Waals surface area contributed by atoms with Crippen LogP contribution in [0.3, 0.4) is 0 Å². The third-order valence-electron chi connectivity index (χ3n) is 7.02. The first kappa shape index (κ1) is 28.2. The van der Waals surface area contributed by atoms with Crippen molar-refractivity contribution in [3.8, 4) is 16.3 Å². The van der Waals surface area contributed by atoms with Crippen molar-refractivity contribution >= 4 is 40.7 Å². The van der Waals surface area contributed by atoms with Gasteiger partial charge in [-0.3, -0.25) is 9.59 Å². The van der Waals surface area contributed by atoms with E-state index in [1.165, 1.54) is 41.5 Å². The monoisotopic (exact) mass is 589 g/mol. The van der Waals surface area contributed by atoms with E-state index in [9.17, 15) is 19.1 Å². The molecule has 0 saturated carbocycles. The summed E-state index contributed by atoms with van der Waals surface area (Å²) >= 11 is 7.82. The average molecular weight is 590 g/mol. The molecule has 0 bridgehead atoms. The van der Waals surface area contributed by atoms with Crippen molar-refractivity contribution in [1.29, 1.82) is 0 Å². The van der Waals surface area contributed by atoms with Crippen molar-refractivity contribution < 1.29 is 28.6 Å². The second-order valence-electron chi connectivity index (χ2n) is 9.65. The first-order valence-electron chi connectivity index (χ1n) is 12.8. The molecule has 0 aliphatic carbocycles. The van der Waals surface area contributed by atoms with E-state index >= 15 is 0 Å². The number of hydrogen-bond donors (Lipinski definition) is 3. The predicted octanol–water partition coefficient (Wildman–Crippen LogP) is 3.79. The zero-order valence-electron chi connectivity index (χ0n) is 21.9. The number of hydrogen-bond acceptors (Lipinski definition) is 9. The van der Waals surface area contributed by atoms with E-state index in [1.807, 2.05) is 0 Å². The van der Waals surface area contributed by atoms with Crippen molar-refractivity contribution in [3.63, 3.8) is 0 Å². The normalized spacial score (nSPS) is 16.9. The Hall–Kier alpha value is -3.32. The lowest BCUT2D eigenvalue weighted by Crippen LogP contribution is -2.46. The number of benzene rings is 1. The quantitative estimate of drug-likeness (QED) is 0.344. The number of fused-ring (bicyclic) bond motifs is 1. The second-order valence-corrected chi connectivity index (χ2v) is 11.2. The van der Waals surface area contributed by atoms with E-state index in [2.05, 4.69) is 20.6 Å². The van der Waals surface area contributed by atoms with Crippen molar-refractivity contribution in [3.05, 3.63) is 57.3 Å². The third kappa shape index (κ3) is 5.90. The molecular formula is C27H29ClFN5O5S. The highest BCUT2D eigenvalue weighted by atomic mass is 35.5. The molecule has 10 nitrogen and oxygen atoms in total. The number of methoxy groups -OCH3 is 1. The van der Waals surface area contributed by atoms with E-state index in [0.29, 0.717) is 41.0 Å². The molecule has 5 rings (SSSR count). The standard InChI is InChI=1S/C27H29ClFN5O5S/c1-14(25(36)32-21(13-35)15-7-16(29)9-18(8-15)38-2)34-12-23-19(26(34)37)10-22(40-23)24-20(28)11-30-27(33-24)31-17-3-5-39-6-4-17/h7-11,14,17,21,35H,3-6,12-13H2,1-2H3,(H,32,36)(H,30,31,33)/t14-,21-/m1/s1. The lowest BCUT2D eigenvalue weighted by Gasteiger charge is -2.26. The molecule has 1 saturated heterocycles. The molecule has 212 valence electrons. The summed E-state index contributed by atoms with van der Waals surface area (Å²) in [5, 5.41) is 16.3. The van der Waals surface area contributed by atoms with Gasteiger partial charge in [0.1, 0.15) is 23.3 Å². The van der Waals surface area contributed by atoms with Gasteiger partial charge >= 0.3 is 0 Å². The summed E-state index contributed by atoms with van der Waals surface area (Å²) in [4.78, 5) is 38.3. The zero-order chi connectivity index (χ0) is 28.4. The number of anilines is 1. The lowest BCUT2D eigenvalue weighted by atomic mass is 10.1. The molecule has 3 aromatic rings. The van der Waals surface area contributed by atoms with Gasteiger partial charge in [-0.15, -0.1) is 11.3 Å². The number of nitrogens with one attached hydrogen (secondary N) is 2. The van der Waals surface area contributed by atoms with Crippen molar-refractivity contribution in [2.24, 2.45) is 0 Å². The van der Waals surface area contributed by atoms with Gasteiger partial charge in [0.25, 0.3) is 5.91 Å². The lowest BCUT2D eigenvalue weighted by molar-refractivity contribution is -0.126. The number of aliphatic hydroxyl groups excluding tert-OH is 1. The van der Waals surface area contributed by atoms with Crippen LogP contribution in [0.1, 0.15) is 46.6 Å². The van der Waals surface area contributed by atoms with Crippen LogP contribution < -0.4 is 15.4 Å². The third-order valence-corrected chi connectivity index (χ3v) is 8.43. The molecule has 1 aromatic carbocycles. The molecular weight excluding hydrogens is 561 g/mol. The van der Waals surface area contributed by atoms with Gasteiger partial charge < -0.3 is 30.1 Å². The molecule has 0 spiro atoms. The summed E-state index contributed by atoms with van der Waals surface area (Å²) in [5.74, 6) is -0.596. The summed E-state index contributed by atoms with van der Waals surface area (Å²) in [7, 11) is 1.40. The van der Waals surface area contributed by atoms with Crippen LogP contribution in [0.2, 0.25) is 5.02 Å². The molecule has 2 aliphatic heterocycles. The summed E-state index contributed by atoms with van der Waals surface area (Å²) in [6.45, 7) is 2.76. The maximum atomic E-state index is 14.0. The number of aromatic nitrogens is 2. The number of carbonyl (C=O) groups excluding carboxylic acids is 2. The largest absolute Gasteiger partial charge is 0.497 e. The first-order valence-corrected chi connectivity index (χ1v) is 14.0. The average Bonchev–Trinajstić information content (AvgIpc) is 3.51. The van der Waals surface area contributed by atoms with E-state index < -0.39 is 30.4 Å². The Kier molecular flexibility index (Phi) is 8.50. The Morgan fingerprint density at radius 1 is 1.32 bits per heavy atom. The van der Waals surface area contributed by atoms with Crippen LogP contribution in [-0.2, 0) is 16.1 Å². The minimum atomic E-state index is -0.873. The molecule has 2 aromatic heterocycles. The Morgan fingerprint density at radius 3 is 2.80 bits per heavy atom. The Morgan fingerprint density at radius 2 is 2.10 bits per heavy atom. The molecule has 2 aliphatic rings. The van der Waals surface area contributed by atoms with Gasteiger partial charge in [-0.1, -0.05) is 11.6 Å². The summed E-state index contributed by atoms with van der Waals surface area (Å²) in [6, 6.07) is 4.21. The molecule has 0 unspecified atom stereocenters. The molecule has 40 heavy (non-hydrogen) atoms. The van der Waals surface area contributed by atoms with Crippen LogP contribution in [0, 0.1) is 5.82 Å². The van der Waals surface area contributed by atoms with Crippen LogP contribution in [0.5, 0.6) is 5.75 Å². The SMILES string of the molecule is COc1cc(F)cc([C@@H](CO)NC(=O)[C@@H](C)N2Cc3sc(-c4nc(NC5CCOCC5)ncc4Cl)cc3C2=O)c1. The number of carbonyl (C=O) groups is 2. The summed E-state index contributed by atoms with van der Waals surface area (Å²) < 4.78 is 24.5. The number of nitrogens with zero attached hydrogens (tertiary/aromatic N) is 3. The molecule has 2 atom stereocenters. The highest BCUT2D eigenvalue weighted by Crippen LogP contribution is 2.39. The number of halogens is 2. The fraction of sp³-hybridized carbons (Fsp3) is 0.407. The predicted molar refractivity (Wildman–Crippen MR) is 148 cm³/mol. The van der Waals surface area contributed by atoms with E-state index in [4.69, 9.17) is 21.1 Å². The number of ether oxygens (including phenoxy) is 2. The van der Waals surface area contributed by atoms with Crippen LogP contribution in [0.25, 0.3) is 10.6 Å². The zero-order valence-corrected chi connectivity index (χ0v) is 23.5. The van der Waals surface area contributed by atoms with Crippen molar-refractivity contribution in [2.45, 2.75) is 44.4 Å². The smallest absolute Gasteiger partial charge is 0.256 e. The van der Waals surface area contributed by atoms with Gasteiger partial charge in [0.2, 0.25) is 11.9 Å². The number of amides is 2. The number of aliphatic hydroxyl groups is 1. The van der Waals surface area contributed by atoms with Gasteiger partial charge in [0.05, 0.1) is 48.0 Å². The Balaban J connectivity index is 1.28. The van der Waals surface area contributed by atoms with Gasteiger partial charge in [0, 0.05) is 30.2 Å². The van der Waals surface area contributed by atoms with Crippen LogP contribution in [-0.4, -0.2) is 70.8 Å². The fourth-order valence-electron chi connectivity index (χ4n) is 4.74. The Labute approximate surface area is 239 Å². The second kappa shape index (κ2) is 12.0. The molecule has 0 radical (unpaired) electrons. The molecule has 13 heteroatoms. The highest BCUT2D eigenvalue weighted by Gasteiger charge is 2.37. The summed E-state index contributed by atoms with van der Waals surface area (Å²) in [5.41, 5.74) is 1.37. The van der Waals surface area contributed by atoms with Gasteiger partial charge in [-0.25, -0.2) is 14.4 Å². The van der Waals surface area contributed by atoms with Crippen LogP contribution in [0.15, 0.2) is 30.5 Å². The van der Waals surface area contributed by atoms with Gasteiger partial charge in [-0.2, -0.15) is 0 Å². The van der Waals surface area contributed by atoms with Crippen LogP contribution >= 0.6 is 22.9 Å². The minimum Gasteiger partial charge on any atom is -0.497 e. The fourth-order valence-corrected chi connectivity index (χ4v) is 6.15. The molecule has 4 heterocycles. The molecule has 3 N–H and O–H groups in total. The van der Waals surface area contributed by atoms with E-state index in [0.717, 1.165) is 22.6 Å². The maximum absolute atomic E-state index is 14.0.